The van der Waals surface area contributed by atoms with Crippen LogP contribution in [0.1, 0.15) is 17.2 Å². The van der Waals surface area contributed by atoms with Crippen molar-refractivity contribution in [1.29, 1.82) is 0 Å². The van der Waals surface area contributed by atoms with Gasteiger partial charge in [-0.05, 0) is 35.4 Å². The third-order valence-corrected chi connectivity index (χ3v) is 4.67. The second-order valence-electron chi connectivity index (χ2n) is 6.42. The molecule has 2 aromatic rings. The molecule has 10 heteroatoms. The molecule has 0 unspecified atom stereocenters. The van der Waals surface area contributed by atoms with Crippen LogP contribution >= 0.6 is 24.8 Å². The first-order valence-electron chi connectivity index (χ1n) is 8.93. The summed E-state index contributed by atoms with van der Waals surface area (Å²) in [7, 11) is 3.15. The maximum absolute atomic E-state index is 12.4. The lowest BCUT2D eigenvalue weighted by Gasteiger charge is -2.35. The van der Waals surface area contributed by atoms with Crippen LogP contribution in [-0.2, 0) is 0 Å². The van der Waals surface area contributed by atoms with Crippen molar-refractivity contribution in [2.24, 2.45) is 0 Å². The van der Waals surface area contributed by atoms with Gasteiger partial charge in [0.2, 0.25) is 0 Å². The summed E-state index contributed by atoms with van der Waals surface area (Å²) in [6.07, 6.45) is -4.71. The zero-order valence-corrected chi connectivity index (χ0v) is 18.2. The van der Waals surface area contributed by atoms with Crippen LogP contribution in [0, 0.1) is 0 Å². The Bertz CT molecular complexity index is 786. The molecule has 0 amide bonds. The number of methoxy groups -OCH3 is 2. The molecule has 0 radical (unpaired) electrons. The minimum absolute atomic E-state index is 0. The van der Waals surface area contributed by atoms with E-state index in [1.165, 1.54) is 12.1 Å². The van der Waals surface area contributed by atoms with Gasteiger partial charge in [0.05, 0.1) is 20.3 Å². The second-order valence-corrected chi connectivity index (χ2v) is 6.42. The van der Waals surface area contributed by atoms with Crippen molar-refractivity contribution >= 4 is 24.8 Å². The largest absolute Gasteiger partial charge is 0.573 e. The fourth-order valence-corrected chi connectivity index (χ4v) is 3.43. The summed E-state index contributed by atoms with van der Waals surface area (Å²) in [4.78, 5) is 2.29. The van der Waals surface area contributed by atoms with E-state index in [4.69, 9.17) is 9.47 Å². The molecule has 0 saturated carbocycles. The Hall–Kier alpha value is -1.87. The van der Waals surface area contributed by atoms with Crippen molar-refractivity contribution in [1.82, 2.24) is 10.2 Å². The maximum Gasteiger partial charge on any atom is 0.573 e. The number of nitrogens with one attached hydrogen (secondary N) is 1. The molecule has 3 rings (SSSR count). The first kappa shape index (κ1) is 26.2. The Labute approximate surface area is 186 Å². The van der Waals surface area contributed by atoms with Crippen molar-refractivity contribution in [3.05, 3.63) is 53.6 Å². The highest BCUT2D eigenvalue weighted by Crippen LogP contribution is 2.36. The minimum Gasteiger partial charge on any atom is -0.493 e. The molecule has 1 aliphatic heterocycles. The van der Waals surface area contributed by atoms with Gasteiger partial charge in [-0.15, -0.1) is 38.0 Å². The zero-order chi connectivity index (χ0) is 20.1. The van der Waals surface area contributed by atoms with Gasteiger partial charge in [-0.2, -0.15) is 0 Å². The zero-order valence-electron chi connectivity index (χ0n) is 16.6. The quantitative estimate of drug-likeness (QED) is 0.678. The Morgan fingerprint density at radius 2 is 1.43 bits per heavy atom. The molecule has 1 atom stereocenters. The number of halogens is 5. The van der Waals surface area contributed by atoms with E-state index in [0.29, 0.717) is 11.5 Å². The smallest absolute Gasteiger partial charge is 0.493 e. The van der Waals surface area contributed by atoms with E-state index in [-0.39, 0.29) is 36.6 Å². The molecule has 30 heavy (non-hydrogen) atoms. The van der Waals surface area contributed by atoms with Gasteiger partial charge >= 0.3 is 6.36 Å². The highest BCUT2D eigenvalue weighted by molar-refractivity contribution is 5.85. The number of alkyl halides is 3. The van der Waals surface area contributed by atoms with Gasteiger partial charge in [-0.25, -0.2) is 0 Å². The molecule has 1 saturated heterocycles. The van der Waals surface area contributed by atoms with Crippen LogP contribution in [0.3, 0.4) is 0 Å². The summed E-state index contributed by atoms with van der Waals surface area (Å²) >= 11 is 0. The number of benzene rings is 2. The van der Waals surface area contributed by atoms with Crippen LogP contribution in [0.4, 0.5) is 13.2 Å². The predicted molar refractivity (Wildman–Crippen MR) is 113 cm³/mol. The summed E-state index contributed by atoms with van der Waals surface area (Å²) in [6, 6.07) is 11.6. The van der Waals surface area contributed by atoms with Gasteiger partial charge in [-0.1, -0.05) is 18.2 Å². The van der Waals surface area contributed by atoms with Crippen LogP contribution in [0.2, 0.25) is 0 Å². The molecular weight excluding hydrogens is 444 g/mol. The fourth-order valence-electron chi connectivity index (χ4n) is 3.43. The molecule has 0 spiro atoms. The topological polar surface area (TPSA) is 43.0 Å². The lowest BCUT2D eigenvalue weighted by atomic mass is 9.96. The molecular formula is C20H25Cl2F3N2O3. The summed E-state index contributed by atoms with van der Waals surface area (Å²) in [5.41, 5.74) is 1.85. The summed E-state index contributed by atoms with van der Waals surface area (Å²) in [6.45, 7) is 3.33. The van der Waals surface area contributed by atoms with E-state index in [0.717, 1.165) is 37.3 Å². The molecule has 1 fully saturated rings. The Morgan fingerprint density at radius 3 is 1.97 bits per heavy atom. The van der Waals surface area contributed by atoms with Gasteiger partial charge in [0.15, 0.2) is 11.5 Å². The van der Waals surface area contributed by atoms with E-state index in [2.05, 4.69) is 15.0 Å². The molecule has 5 nitrogen and oxygen atoms in total. The molecule has 0 aliphatic carbocycles. The normalized spacial score (nSPS) is 15.4. The minimum atomic E-state index is -4.71. The van der Waals surface area contributed by atoms with Crippen LogP contribution in [0.15, 0.2) is 42.5 Å². The third kappa shape index (κ3) is 6.57. The van der Waals surface area contributed by atoms with Crippen molar-refractivity contribution < 1.29 is 27.4 Å². The lowest BCUT2D eigenvalue weighted by molar-refractivity contribution is -0.274. The van der Waals surface area contributed by atoms with Crippen LogP contribution in [0.25, 0.3) is 0 Å². The lowest BCUT2D eigenvalue weighted by Crippen LogP contribution is -2.45. The van der Waals surface area contributed by atoms with Gasteiger partial charge in [-0.3, -0.25) is 4.90 Å². The number of hydrogen-bond acceptors (Lipinski definition) is 5. The Morgan fingerprint density at radius 1 is 0.867 bits per heavy atom. The van der Waals surface area contributed by atoms with Crippen molar-refractivity contribution in [2.45, 2.75) is 12.4 Å². The number of hydrogen-bond donors (Lipinski definition) is 1. The molecule has 1 heterocycles. The first-order chi connectivity index (χ1) is 13.4. The molecule has 1 aliphatic rings. The number of ether oxygens (including phenoxy) is 3. The van der Waals surface area contributed by atoms with Crippen molar-refractivity contribution in [3.8, 4) is 17.2 Å². The standard InChI is InChI=1S/C20H23F3N2O3.2ClH/c1-26-17-8-5-15(13-18(17)27-2)19(25-11-9-24-10-12-25)14-3-6-16(7-4-14)28-20(21,22)23;;/h3-8,13,19,24H,9-12H2,1-2H3;2*1H/t19-;;/m0../s1. The Kier molecular flexibility index (Phi) is 10.0. The van der Waals surface area contributed by atoms with E-state index in [1.807, 2.05) is 18.2 Å². The van der Waals surface area contributed by atoms with Gasteiger partial charge in [0, 0.05) is 26.2 Å². The van der Waals surface area contributed by atoms with E-state index < -0.39 is 6.36 Å². The van der Waals surface area contributed by atoms with Gasteiger partial charge in [0.1, 0.15) is 5.75 Å². The monoisotopic (exact) mass is 468 g/mol. The SMILES string of the molecule is COc1ccc([C@H](c2ccc(OC(F)(F)F)cc2)N2CCNCC2)cc1OC.Cl.Cl. The predicted octanol–water partition coefficient (Wildman–Crippen LogP) is 4.44. The third-order valence-electron chi connectivity index (χ3n) is 4.67. The van der Waals surface area contributed by atoms with Crippen molar-refractivity contribution in [3.63, 3.8) is 0 Å². The van der Waals surface area contributed by atoms with Crippen molar-refractivity contribution in [2.75, 3.05) is 40.4 Å². The summed E-state index contributed by atoms with van der Waals surface area (Å²) in [5.74, 6) is 0.999. The van der Waals surface area contributed by atoms with E-state index >= 15 is 0 Å². The molecule has 168 valence electrons. The summed E-state index contributed by atoms with van der Waals surface area (Å²) in [5, 5.41) is 3.32. The molecule has 2 aromatic carbocycles. The van der Waals surface area contributed by atoms with Gasteiger partial charge < -0.3 is 19.5 Å². The molecule has 0 bridgehead atoms. The van der Waals surface area contributed by atoms with Gasteiger partial charge in [0.25, 0.3) is 0 Å². The second kappa shape index (κ2) is 11.5. The first-order valence-corrected chi connectivity index (χ1v) is 8.93. The summed E-state index contributed by atoms with van der Waals surface area (Å²) < 4.78 is 52.1. The van der Waals surface area contributed by atoms with E-state index in [1.54, 1.807) is 26.4 Å². The highest BCUT2D eigenvalue weighted by atomic mass is 35.5. The van der Waals surface area contributed by atoms with Crippen LogP contribution in [0.5, 0.6) is 17.2 Å². The van der Waals surface area contributed by atoms with Crippen LogP contribution < -0.4 is 19.5 Å². The van der Waals surface area contributed by atoms with E-state index in [9.17, 15) is 13.2 Å². The fraction of sp³-hybridized carbons (Fsp3) is 0.400. The number of rotatable bonds is 6. The maximum atomic E-state index is 12.4. The average Bonchev–Trinajstić information content (AvgIpc) is 2.69. The highest BCUT2D eigenvalue weighted by Gasteiger charge is 2.31. The molecule has 1 N–H and O–H groups in total. The number of nitrogens with zero attached hydrogens (tertiary/aromatic N) is 1. The Balaban J connectivity index is 0.00000225. The average molecular weight is 469 g/mol. The number of piperazine rings is 1. The molecule has 0 aromatic heterocycles. The van der Waals surface area contributed by atoms with Crippen LogP contribution in [-0.4, -0.2) is 51.7 Å².